The number of anilines is 1. The van der Waals surface area contributed by atoms with E-state index in [1.165, 1.54) is 11.3 Å². The Hall–Kier alpha value is -3.05. The lowest BCUT2D eigenvalue weighted by Crippen LogP contribution is -2.35. The molecule has 152 valence electrons. The van der Waals surface area contributed by atoms with Crippen molar-refractivity contribution in [1.82, 2.24) is 4.90 Å². The van der Waals surface area contributed by atoms with Crippen LogP contribution in [0, 0.1) is 18.3 Å². The van der Waals surface area contributed by atoms with Gasteiger partial charge in [-0.25, -0.2) is 4.79 Å². The Morgan fingerprint density at radius 2 is 2.17 bits per heavy atom. The third-order valence-corrected chi connectivity index (χ3v) is 5.90. The first-order valence-electron chi connectivity index (χ1n) is 9.36. The monoisotopic (exact) mass is 413 g/mol. The lowest BCUT2D eigenvalue weighted by molar-refractivity contribution is -0.115. The van der Waals surface area contributed by atoms with Crippen molar-refractivity contribution >= 4 is 28.3 Å². The number of fused-ring (bicyclic) bond motifs is 1. The number of nitrogens with zero attached hydrogens (tertiary/aromatic N) is 2. The highest BCUT2D eigenvalue weighted by Crippen LogP contribution is 2.37. The van der Waals surface area contributed by atoms with E-state index in [9.17, 15) is 14.9 Å². The Bertz CT molecular complexity index is 977. The zero-order chi connectivity index (χ0) is 21.0. The average Bonchev–Trinajstić information content (AvgIpc) is 3.04. The van der Waals surface area contributed by atoms with Gasteiger partial charge in [0, 0.05) is 11.4 Å². The maximum absolute atomic E-state index is 12.6. The normalized spacial score (nSPS) is 12.7. The number of hydrogen-bond acceptors (Lipinski definition) is 6. The van der Waals surface area contributed by atoms with Crippen LogP contribution in [0.1, 0.15) is 34.1 Å². The highest BCUT2D eigenvalue weighted by molar-refractivity contribution is 7.16. The number of aryl methyl sites for hydroxylation is 1. The van der Waals surface area contributed by atoms with Crippen molar-refractivity contribution in [2.75, 3.05) is 25.6 Å². The highest BCUT2D eigenvalue weighted by Gasteiger charge is 2.28. The van der Waals surface area contributed by atoms with Gasteiger partial charge < -0.3 is 19.7 Å². The summed E-state index contributed by atoms with van der Waals surface area (Å²) >= 11 is 1.35. The SMILES string of the molecule is CCOC(=O)N1CCc2c(sc(NC(=O)Cc3ccc(OC)c(C)c3)c2C#N)C1. The van der Waals surface area contributed by atoms with Gasteiger partial charge in [0.1, 0.15) is 16.8 Å². The van der Waals surface area contributed by atoms with Gasteiger partial charge >= 0.3 is 6.09 Å². The summed E-state index contributed by atoms with van der Waals surface area (Å²) in [5, 5.41) is 13.0. The fourth-order valence-corrected chi connectivity index (χ4v) is 4.62. The van der Waals surface area contributed by atoms with E-state index in [1.54, 1.807) is 18.9 Å². The minimum atomic E-state index is -0.356. The molecule has 0 fully saturated rings. The predicted octanol–water partition coefficient (Wildman–Crippen LogP) is 3.63. The number of ether oxygens (including phenoxy) is 2. The molecule has 0 bridgehead atoms. The van der Waals surface area contributed by atoms with Gasteiger partial charge in [-0.05, 0) is 43.0 Å². The fraction of sp³-hybridized carbons (Fsp3) is 0.381. The van der Waals surface area contributed by atoms with Crippen molar-refractivity contribution in [2.24, 2.45) is 0 Å². The standard InChI is InChI=1S/C21H23N3O4S/c1-4-28-21(26)24-8-7-15-16(11-22)20(29-18(15)12-24)23-19(25)10-14-5-6-17(27-3)13(2)9-14/h5-6,9H,4,7-8,10,12H2,1-3H3,(H,23,25). The van der Waals surface area contributed by atoms with Crippen molar-refractivity contribution in [3.05, 3.63) is 45.3 Å². The summed E-state index contributed by atoms with van der Waals surface area (Å²) in [7, 11) is 1.61. The van der Waals surface area contributed by atoms with Crippen molar-refractivity contribution in [1.29, 1.82) is 5.26 Å². The zero-order valence-electron chi connectivity index (χ0n) is 16.7. The van der Waals surface area contributed by atoms with E-state index in [4.69, 9.17) is 9.47 Å². The van der Waals surface area contributed by atoms with Gasteiger partial charge in [-0.1, -0.05) is 12.1 Å². The fourth-order valence-electron chi connectivity index (χ4n) is 3.39. The molecule has 0 saturated heterocycles. The topological polar surface area (TPSA) is 91.7 Å². The van der Waals surface area contributed by atoms with Gasteiger partial charge in [-0.2, -0.15) is 5.26 Å². The average molecular weight is 413 g/mol. The summed E-state index contributed by atoms with van der Waals surface area (Å²) in [6, 6.07) is 7.82. The molecular formula is C21H23N3O4S. The highest BCUT2D eigenvalue weighted by atomic mass is 32.1. The smallest absolute Gasteiger partial charge is 0.410 e. The molecule has 1 aliphatic heterocycles. The first-order chi connectivity index (χ1) is 14.0. The number of rotatable bonds is 5. The summed E-state index contributed by atoms with van der Waals surface area (Å²) in [4.78, 5) is 27.1. The minimum Gasteiger partial charge on any atom is -0.496 e. The molecule has 2 amide bonds. The van der Waals surface area contributed by atoms with E-state index in [1.807, 2.05) is 25.1 Å². The molecule has 3 rings (SSSR count). The molecule has 1 N–H and O–H groups in total. The molecule has 7 nitrogen and oxygen atoms in total. The first kappa shape index (κ1) is 20.7. The number of nitrogens with one attached hydrogen (secondary N) is 1. The Balaban J connectivity index is 1.73. The number of hydrogen-bond donors (Lipinski definition) is 1. The number of thiophene rings is 1. The van der Waals surface area contributed by atoms with Crippen LogP contribution in [0.25, 0.3) is 0 Å². The number of nitriles is 1. The molecule has 29 heavy (non-hydrogen) atoms. The molecule has 0 aliphatic carbocycles. The van der Waals surface area contributed by atoms with E-state index in [0.717, 1.165) is 27.3 Å². The summed E-state index contributed by atoms with van der Waals surface area (Å²) in [5.41, 5.74) is 3.23. The minimum absolute atomic E-state index is 0.188. The molecule has 1 aromatic carbocycles. The molecule has 0 saturated carbocycles. The molecule has 1 aromatic heterocycles. The molecule has 8 heteroatoms. The molecule has 0 spiro atoms. The Morgan fingerprint density at radius 1 is 1.38 bits per heavy atom. The van der Waals surface area contributed by atoms with Crippen LogP contribution in [0.2, 0.25) is 0 Å². The summed E-state index contributed by atoms with van der Waals surface area (Å²) < 4.78 is 10.3. The largest absolute Gasteiger partial charge is 0.496 e. The van der Waals surface area contributed by atoms with Gasteiger partial charge in [-0.15, -0.1) is 11.3 Å². The molecular weight excluding hydrogens is 390 g/mol. The zero-order valence-corrected chi connectivity index (χ0v) is 17.5. The lowest BCUT2D eigenvalue weighted by Gasteiger charge is -2.25. The Morgan fingerprint density at radius 3 is 2.83 bits per heavy atom. The quantitative estimate of drug-likeness (QED) is 0.808. The molecule has 1 aliphatic rings. The maximum atomic E-state index is 12.6. The van der Waals surface area contributed by atoms with Crippen molar-refractivity contribution in [3.8, 4) is 11.8 Å². The van der Waals surface area contributed by atoms with Gasteiger partial charge in [0.15, 0.2) is 0 Å². The number of carbonyl (C=O) groups is 2. The van der Waals surface area contributed by atoms with E-state index in [0.29, 0.717) is 36.7 Å². The number of amides is 2. The van der Waals surface area contributed by atoms with E-state index in [2.05, 4.69) is 11.4 Å². The summed E-state index contributed by atoms with van der Waals surface area (Å²) in [5.74, 6) is 0.588. The van der Waals surface area contributed by atoms with Crippen LogP contribution in [-0.2, 0) is 28.9 Å². The van der Waals surface area contributed by atoms with Crippen LogP contribution < -0.4 is 10.1 Å². The second-order valence-corrected chi connectivity index (χ2v) is 7.82. The van der Waals surface area contributed by atoms with Crippen LogP contribution in [-0.4, -0.2) is 37.2 Å². The molecule has 2 heterocycles. The maximum Gasteiger partial charge on any atom is 0.410 e. The van der Waals surface area contributed by atoms with Crippen molar-refractivity contribution in [2.45, 2.75) is 33.2 Å². The molecule has 0 atom stereocenters. The van der Waals surface area contributed by atoms with Gasteiger partial charge in [0.25, 0.3) is 0 Å². The number of benzene rings is 1. The van der Waals surface area contributed by atoms with Gasteiger partial charge in [0.05, 0.1) is 32.2 Å². The van der Waals surface area contributed by atoms with Crippen LogP contribution in [0.5, 0.6) is 5.75 Å². The van der Waals surface area contributed by atoms with E-state index >= 15 is 0 Å². The summed E-state index contributed by atoms with van der Waals surface area (Å²) in [6.07, 6.45) is 0.416. The van der Waals surface area contributed by atoms with Gasteiger partial charge in [0.2, 0.25) is 5.91 Å². The number of methoxy groups -OCH3 is 1. The Labute approximate surface area is 173 Å². The molecule has 0 radical (unpaired) electrons. The number of carbonyl (C=O) groups excluding carboxylic acids is 2. The molecule has 2 aromatic rings. The van der Waals surface area contributed by atoms with Crippen LogP contribution in [0.4, 0.5) is 9.80 Å². The van der Waals surface area contributed by atoms with E-state index in [-0.39, 0.29) is 18.4 Å². The Kier molecular flexibility index (Phi) is 6.39. The lowest BCUT2D eigenvalue weighted by atomic mass is 10.0. The van der Waals surface area contributed by atoms with Gasteiger partial charge in [-0.3, -0.25) is 4.79 Å². The van der Waals surface area contributed by atoms with Crippen LogP contribution >= 0.6 is 11.3 Å². The second kappa shape index (κ2) is 8.97. The third kappa shape index (κ3) is 4.51. The summed E-state index contributed by atoms with van der Waals surface area (Å²) in [6.45, 7) is 4.90. The molecule has 0 unspecified atom stereocenters. The van der Waals surface area contributed by atoms with Crippen molar-refractivity contribution in [3.63, 3.8) is 0 Å². The first-order valence-corrected chi connectivity index (χ1v) is 10.2. The van der Waals surface area contributed by atoms with Crippen LogP contribution in [0.15, 0.2) is 18.2 Å². The van der Waals surface area contributed by atoms with E-state index < -0.39 is 0 Å². The third-order valence-electron chi connectivity index (χ3n) is 4.77. The van der Waals surface area contributed by atoms with Crippen LogP contribution in [0.3, 0.4) is 0 Å². The second-order valence-electron chi connectivity index (χ2n) is 6.72. The van der Waals surface area contributed by atoms with Crippen molar-refractivity contribution < 1.29 is 19.1 Å². The predicted molar refractivity (Wildman–Crippen MR) is 110 cm³/mol.